The van der Waals surface area contributed by atoms with Crippen LogP contribution in [0.2, 0.25) is 0 Å². The molecule has 2 heterocycles. The molecule has 3 rings (SSSR count). The Bertz CT molecular complexity index is 930. The zero-order valence-corrected chi connectivity index (χ0v) is 13.0. The van der Waals surface area contributed by atoms with E-state index < -0.39 is 0 Å². The van der Waals surface area contributed by atoms with Crippen LogP contribution in [0.5, 0.6) is 0 Å². The standard InChI is InChI=1S/C18H17N3O2/c1-11-6-12(2)15-8-14(18(23)21-16(15)7-11)10-20-17(22)13-4-3-5-19-9-13/h3-9H,10H2,1-2H3,(H,20,22)(H,21,23). The number of aryl methyl sites for hydroxylation is 2. The number of rotatable bonds is 3. The molecule has 0 spiro atoms. The highest BCUT2D eigenvalue weighted by Crippen LogP contribution is 2.18. The van der Waals surface area contributed by atoms with E-state index in [0.29, 0.717) is 11.1 Å². The van der Waals surface area contributed by atoms with Crippen molar-refractivity contribution in [3.63, 3.8) is 0 Å². The third-order valence-electron chi connectivity index (χ3n) is 3.75. The topological polar surface area (TPSA) is 74.8 Å². The van der Waals surface area contributed by atoms with E-state index in [1.807, 2.05) is 26.0 Å². The van der Waals surface area contributed by atoms with Gasteiger partial charge in [0.25, 0.3) is 11.5 Å². The van der Waals surface area contributed by atoms with Crippen LogP contribution in [-0.4, -0.2) is 15.9 Å². The molecule has 2 N–H and O–H groups in total. The van der Waals surface area contributed by atoms with Gasteiger partial charge >= 0.3 is 0 Å². The molecule has 116 valence electrons. The highest BCUT2D eigenvalue weighted by Gasteiger charge is 2.09. The number of carbonyl (C=O) groups excluding carboxylic acids is 1. The van der Waals surface area contributed by atoms with E-state index in [1.165, 1.54) is 6.20 Å². The molecule has 0 saturated heterocycles. The molecule has 5 heteroatoms. The van der Waals surface area contributed by atoms with Gasteiger partial charge in [0.15, 0.2) is 0 Å². The largest absolute Gasteiger partial charge is 0.348 e. The van der Waals surface area contributed by atoms with Crippen molar-refractivity contribution < 1.29 is 4.79 Å². The van der Waals surface area contributed by atoms with Gasteiger partial charge in [0.05, 0.1) is 5.56 Å². The highest BCUT2D eigenvalue weighted by molar-refractivity contribution is 5.93. The number of pyridine rings is 2. The van der Waals surface area contributed by atoms with Crippen LogP contribution in [0.15, 0.2) is 47.5 Å². The first-order valence-electron chi connectivity index (χ1n) is 7.36. The fraction of sp³-hybridized carbons (Fsp3) is 0.167. The van der Waals surface area contributed by atoms with Crippen LogP contribution >= 0.6 is 0 Å². The Morgan fingerprint density at radius 1 is 1.26 bits per heavy atom. The lowest BCUT2D eigenvalue weighted by Gasteiger charge is -2.08. The average Bonchev–Trinajstić information content (AvgIpc) is 2.53. The van der Waals surface area contributed by atoms with Gasteiger partial charge in [-0.25, -0.2) is 0 Å². The summed E-state index contributed by atoms with van der Waals surface area (Å²) in [5.41, 5.74) is 3.82. The van der Waals surface area contributed by atoms with Crippen molar-refractivity contribution in [3.05, 3.63) is 75.3 Å². The minimum Gasteiger partial charge on any atom is -0.348 e. The summed E-state index contributed by atoms with van der Waals surface area (Å²) in [5.74, 6) is -0.252. The van der Waals surface area contributed by atoms with Crippen LogP contribution in [0.25, 0.3) is 10.9 Å². The summed E-state index contributed by atoms with van der Waals surface area (Å²) in [6.07, 6.45) is 3.10. The maximum absolute atomic E-state index is 12.2. The second-order valence-electron chi connectivity index (χ2n) is 5.59. The molecule has 1 aromatic carbocycles. The van der Waals surface area contributed by atoms with Crippen molar-refractivity contribution in [2.45, 2.75) is 20.4 Å². The van der Waals surface area contributed by atoms with Gasteiger partial charge in [-0.2, -0.15) is 0 Å². The van der Waals surface area contributed by atoms with Crippen molar-refractivity contribution in [1.82, 2.24) is 15.3 Å². The van der Waals surface area contributed by atoms with E-state index in [0.717, 1.165) is 22.0 Å². The van der Waals surface area contributed by atoms with E-state index in [4.69, 9.17) is 0 Å². The number of H-pyrrole nitrogens is 1. The maximum Gasteiger partial charge on any atom is 0.253 e. The molecular formula is C18H17N3O2. The predicted octanol–water partition coefficient (Wildman–Crippen LogP) is 2.47. The van der Waals surface area contributed by atoms with E-state index >= 15 is 0 Å². The summed E-state index contributed by atoms with van der Waals surface area (Å²) >= 11 is 0. The molecule has 0 unspecified atom stereocenters. The molecule has 2 aromatic heterocycles. The Morgan fingerprint density at radius 2 is 2.09 bits per heavy atom. The van der Waals surface area contributed by atoms with Crippen LogP contribution in [0.4, 0.5) is 0 Å². The van der Waals surface area contributed by atoms with E-state index in [-0.39, 0.29) is 18.0 Å². The van der Waals surface area contributed by atoms with Crippen molar-refractivity contribution in [3.8, 4) is 0 Å². The van der Waals surface area contributed by atoms with Crippen LogP contribution in [0.1, 0.15) is 27.0 Å². The van der Waals surface area contributed by atoms with Gasteiger partial charge in [-0.05, 0) is 49.2 Å². The smallest absolute Gasteiger partial charge is 0.253 e. The van der Waals surface area contributed by atoms with Gasteiger partial charge in [-0.15, -0.1) is 0 Å². The van der Waals surface area contributed by atoms with E-state index in [2.05, 4.69) is 21.4 Å². The molecule has 1 amide bonds. The molecule has 0 radical (unpaired) electrons. The molecule has 0 bridgehead atoms. The molecule has 0 atom stereocenters. The van der Waals surface area contributed by atoms with Crippen LogP contribution in [0.3, 0.4) is 0 Å². The maximum atomic E-state index is 12.2. The Kier molecular flexibility index (Phi) is 3.93. The molecular weight excluding hydrogens is 290 g/mol. The van der Waals surface area contributed by atoms with Gasteiger partial charge in [-0.3, -0.25) is 14.6 Å². The quantitative estimate of drug-likeness (QED) is 0.780. The number of fused-ring (bicyclic) bond motifs is 1. The first-order chi connectivity index (χ1) is 11.0. The number of hydrogen-bond acceptors (Lipinski definition) is 3. The third-order valence-corrected chi connectivity index (χ3v) is 3.75. The van der Waals surface area contributed by atoms with E-state index in [9.17, 15) is 9.59 Å². The number of aromatic amines is 1. The summed E-state index contributed by atoms with van der Waals surface area (Å²) in [6.45, 7) is 4.17. The van der Waals surface area contributed by atoms with E-state index in [1.54, 1.807) is 18.3 Å². The lowest BCUT2D eigenvalue weighted by atomic mass is 10.0. The number of hydrogen-bond donors (Lipinski definition) is 2. The second kappa shape index (κ2) is 6.04. The zero-order valence-electron chi connectivity index (χ0n) is 13.0. The monoisotopic (exact) mass is 307 g/mol. The van der Waals surface area contributed by atoms with Gasteiger partial charge in [0.1, 0.15) is 0 Å². The number of nitrogens with zero attached hydrogens (tertiary/aromatic N) is 1. The lowest BCUT2D eigenvalue weighted by Crippen LogP contribution is -2.26. The molecule has 0 aliphatic rings. The third kappa shape index (κ3) is 3.13. The van der Waals surface area contributed by atoms with Crippen LogP contribution in [0, 0.1) is 13.8 Å². The fourth-order valence-corrected chi connectivity index (χ4v) is 2.62. The Labute approximate surface area is 133 Å². The average molecular weight is 307 g/mol. The number of carbonyl (C=O) groups is 1. The number of amides is 1. The zero-order chi connectivity index (χ0) is 16.4. The molecule has 0 saturated carbocycles. The number of aromatic nitrogens is 2. The minimum absolute atomic E-state index is 0.173. The normalized spacial score (nSPS) is 10.7. The Morgan fingerprint density at radius 3 is 2.83 bits per heavy atom. The predicted molar refractivity (Wildman–Crippen MR) is 89.4 cm³/mol. The highest BCUT2D eigenvalue weighted by atomic mass is 16.1. The van der Waals surface area contributed by atoms with Crippen molar-refractivity contribution in [1.29, 1.82) is 0 Å². The summed E-state index contributed by atoms with van der Waals surface area (Å²) in [5, 5.41) is 3.74. The Balaban J connectivity index is 1.87. The lowest BCUT2D eigenvalue weighted by molar-refractivity contribution is 0.0950. The first kappa shape index (κ1) is 15.0. The number of nitrogens with one attached hydrogen (secondary N) is 2. The molecule has 5 nitrogen and oxygen atoms in total. The minimum atomic E-state index is -0.252. The van der Waals surface area contributed by atoms with Gasteiger partial charge in [-0.1, -0.05) is 6.07 Å². The molecule has 0 aliphatic carbocycles. The summed E-state index contributed by atoms with van der Waals surface area (Å²) < 4.78 is 0. The summed E-state index contributed by atoms with van der Waals surface area (Å²) in [6, 6.07) is 9.23. The summed E-state index contributed by atoms with van der Waals surface area (Å²) in [7, 11) is 0. The molecule has 23 heavy (non-hydrogen) atoms. The Hall–Kier alpha value is -2.95. The SMILES string of the molecule is Cc1cc(C)c2cc(CNC(=O)c3cccnc3)c(=O)[nH]c2c1. The van der Waals surface area contributed by atoms with Crippen LogP contribution < -0.4 is 10.9 Å². The van der Waals surface area contributed by atoms with Gasteiger partial charge in [0.2, 0.25) is 0 Å². The summed E-state index contributed by atoms with van der Waals surface area (Å²) in [4.78, 5) is 31.0. The van der Waals surface area contributed by atoms with Crippen molar-refractivity contribution >= 4 is 16.8 Å². The molecule has 0 aliphatic heterocycles. The van der Waals surface area contributed by atoms with Gasteiger partial charge in [0, 0.05) is 35.4 Å². The molecule has 0 fully saturated rings. The fourth-order valence-electron chi connectivity index (χ4n) is 2.62. The number of benzene rings is 1. The van der Waals surface area contributed by atoms with Crippen molar-refractivity contribution in [2.75, 3.05) is 0 Å². The molecule has 3 aromatic rings. The van der Waals surface area contributed by atoms with Crippen molar-refractivity contribution in [2.24, 2.45) is 0 Å². The first-order valence-corrected chi connectivity index (χ1v) is 7.36. The van der Waals surface area contributed by atoms with Gasteiger partial charge < -0.3 is 10.3 Å². The van der Waals surface area contributed by atoms with Crippen LogP contribution in [-0.2, 0) is 6.54 Å². The second-order valence-corrected chi connectivity index (χ2v) is 5.59.